The average Bonchev–Trinajstić information content (AvgIpc) is 2.42. The molecule has 0 spiro atoms. The molecule has 0 saturated carbocycles. The van der Waals surface area contributed by atoms with Gasteiger partial charge in [-0.15, -0.1) is 0 Å². The summed E-state index contributed by atoms with van der Waals surface area (Å²) in [5.41, 5.74) is 8.19. The second-order valence-electron chi connectivity index (χ2n) is 4.62. The van der Waals surface area contributed by atoms with Gasteiger partial charge in [-0.1, -0.05) is 49.7 Å². The Balaban J connectivity index is 2.35. The molecule has 0 radical (unpaired) electrons. The van der Waals surface area contributed by atoms with E-state index in [1.807, 2.05) is 24.3 Å². The van der Waals surface area contributed by atoms with E-state index >= 15 is 0 Å². The maximum Gasteiger partial charge on any atom is 0.163 e. The Kier molecular flexibility index (Phi) is 4.27. The summed E-state index contributed by atoms with van der Waals surface area (Å²) in [5, 5.41) is 0. The zero-order chi connectivity index (χ0) is 13.8. The lowest BCUT2D eigenvalue weighted by Crippen LogP contribution is -2.14. The molecule has 3 heteroatoms. The van der Waals surface area contributed by atoms with Crippen molar-refractivity contribution in [1.29, 1.82) is 0 Å². The highest BCUT2D eigenvalue weighted by Gasteiger charge is 2.16. The molecule has 0 heterocycles. The van der Waals surface area contributed by atoms with E-state index in [9.17, 15) is 8.78 Å². The maximum atomic E-state index is 13.7. The molecule has 0 fully saturated rings. The van der Waals surface area contributed by atoms with Crippen LogP contribution in [0.15, 0.2) is 42.5 Å². The van der Waals surface area contributed by atoms with Gasteiger partial charge in [-0.05, 0) is 23.6 Å². The fourth-order valence-corrected chi connectivity index (χ4v) is 2.17. The highest BCUT2D eigenvalue weighted by molar-refractivity contribution is 5.35. The van der Waals surface area contributed by atoms with Crippen molar-refractivity contribution in [3.05, 3.63) is 70.8 Å². The number of rotatable bonds is 4. The van der Waals surface area contributed by atoms with E-state index in [1.54, 1.807) is 0 Å². The van der Waals surface area contributed by atoms with Gasteiger partial charge >= 0.3 is 0 Å². The fraction of sp³-hybridized carbons (Fsp3) is 0.250. The Bertz CT molecular complexity index is 566. The molecule has 19 heavy (non-hydrogen) atoms. The van der Waals surface area contributed by atoms with Crippen LogP contribution in [-0.2, 0) is 6.42 Å². The van der Waals surface area contributed by atoms with Gasteiger partial charge in [0, 0.05) is 5.56 Å². The molecule has 2 aromatic rings. The van der Waals surface area contributed by atoms with Crippen molar-refractivity contribution >= 4 is 0 Å². The summed E-state index contributed by atoms with van der Waals surface area (Å²) >= 11 is 0. The predicted molar refractivity (Wildman–Crippen MR) is 72.8 cm³/mol. The van der Waals surface area contributed by atoms with Gasteiger partial charge in [0.2, 0.25) is 0 Å². The zero-order valence-electron chi connectivity index (χ0n) is 10.9. The maximum absolute atomic E-state index is 13.7. The number of hydrogen-bond donors (Lipinski definition) is 1. The number of nitrogens with two attached hydrogens (primary N) is 1. The molecule has 1 unspecified atom stereocenters. The molecule has 0 saturated heterocycles. The van der Waals surface area contributed by atoms with Gasteiger partial charge < -0.3 is 5.73 Å². The third kappa shape index (κ3) is 2.99. The standard InChI is InChI=1S/C16H17F2N/c1-2-5-11-6-3-7-12(10-11)16(19)13-8-4-9-14(17)15(13)18/h3-4,6-10,16H,2,5,19H2,1H3. The lowest BCUT2D eigenvalue weighted by atomic mass is 9.96. The highest BCUT2D eigenvalue weighted by Crippen LogP contribution is 2.24. The minimum Gasteiger partial charge on any atom is -0.320 e. The molecule has 0 amide bonds. The van der Waals surface area contributed by atoms with Gasteiger partial charge in [-0.3, -0.25) is 0 Å². The zero-order valence-corrected chi connectivity index (χ0v) is 10.9. The van der Waals surface area contributed by atoms with Gasteiger partial charge in [-0.2, -0.15) is 0 Å². The van der Waals surface area contributed by atoms with Gasteiger partial charge in [0.05, 0.1) is 6.04 Å². The summed E-state index contributed by atoms with van der Waals surface area (Å²) in [7, 11) is 0. The van der Waals surface area contributed by atoms with E-state index in [1.165, 1.54) is 12.1 Å². The molecule has 1 nitrogen and oxygen atoms in total. The first-order valence-electron chi connectivity index (χ1n) is 6.41. The molecule has 0 aliphatic rings. The van der Waals surface area contributed by atoms with E-state index in [0.717, 1.165) is 30.0 Å². The highest BCUT2D eigenvalue weighted by atomic mass is 19.2. The van der Waals surface area contributed by atoms with Crippen LogP contribution in [0.2, 0.25) is 0 Å². The number of halogens is 2. The van der Waals surface area contributed by atoms with E-state index < -0.39 is 17.7 Å². The predicted octanol–water partition coefficient (Wildman–Crippen LogP) is 3.97. The molecule has 0 aliphatic carbocycles. The van der Waals surface area contributed by atoms with Crippen molar-refractivity contribution in [3.8, 4) is 0 Å². The van der Waals surface area contributed by atoms with Crippen LogP contribution in [-0.4, -0.2) is 0 Å². The Labute approximate surface area is 112 Å². The molecule has 100 valence electrons. The molecule has 0 aliphatic heterocycles. The SMILES string of the molecule is CCCc1cccc(C(N)c2cccc(F)c2F)c1. The average molecular weight is 261 g/mol. The molecular formula is C16H17F2N. The van der Waals surface area contributed by atoms with Crippen LogP contribution in [0.5, 0.6) is 0 Å². The van der Waals surface area contributed by atoms with Crippen LogP contribution in [0.4, 0.5) is 8.78 Å². The van der Waals surface area contributed by atoms with Crippen LogP contribution in [0.25, 0.3) is 0 Å². The van der Waals surface area contributed by atoms with Crippen molar-refractivity contribution in [1.82, 2.24) is 0 Å². The molecule has 2 rings (SSSR count). The smallest absolute Gasteiger partial charge is 0.163 e. The quantitative estimate of drug-likeness (QED) is 0.885. The van der Waals surface area contributed by atoms with E-state index in [0.29, 0.717) is 0 Å². The van der Waals surface area contributed by atoms with Crippen LogP contribution in [0, 0.1) is 11.6 Å². The van der Waals surface area contributed by atoms with Crippen molar-refractivity contribution in [2.45, 2.75) is 25.8 Å². The second kappa shape index (κ2) is 5.93. The Morgan fingerprint density at radius 1 is 1.11 bits per heavy atom. The summed E-state index contributed by atoms with van der Waals surface area (Å²) in [5.74, 6) is -1.73. The summed E-state index contributed by atoms with van der Waals surface area (Å²) in [4.78, 5) is 0. The van der Waals surface area contributed by atoms with Crippen molar-refractivity contribution in [3.63, 3.8) is 0 Å². The summed E-state index contributed by atoms with van der Waals surface area (Å²) in [6, 6.07) is 11.2. The minimum atomic E-state index is -0.865. The second-order valence-corrected chi connectivity index (χ2v) is 4.62. The number of benzene rings is 2. The van der Waals surface area contributed by atoms with Crippen LogP contribution in [0.3, 0.4) is 0 Å². The first-order chi connectivity index (χ1) is 9.13. The summed E-state index contributed by atoms with van der Waals surface area (Å²) < 4.78 is 27.0. The summed E-state index contributed by atoms with van der Waals surface area (Å²) in [6.07, 6.45) is 1.99. The first-order valence-corrected chi connectivity index (χ1v) is 6.41. The normalized spacial score (nSPS) is 12.4. The minimum absolute atomic E-state index is 0.189. The molecule has 2 N–H and O–H groups in total. The Hall–Kier alpha value is -1.74. The number of aryl methyl sites for hydroxylation is 1. The third-order valence-electron chi connectivity index (χ3n) is 3.17. The Morgan fingerprint density at radius 2 is 1.84 bits per heavy atom. The van der Waals surface area contributed by atoms with Crippen molar-refractivity contribution in [2.24, 2.45) is 5.73 Å². The monoisotopic (exact) mass is 261 g/mol. The molecular weight excluding hydrogens is 244 g/mol. The topological polar surface area (TPSA) is 26.0 Å². The van der Waals surface area contributed by atoms with Crippen LogP contribution < -0.4 is 5.73 Å². The number of hydrogen-bond acceptors (Lipinski definition) is 1. The lowest BCUT2D eigenvalue weighted by Gasteiger charge is -2.14. The van der Waals surface area contributed by atoms with E-state index in [2.05, 4.69) is 6.92 Å². The van der Waals surface area contributed by atoms with Gasteiger partial charge in [0.1, 0.15) is 0 Å². The summed E-state index contributed by atoms with van der Waals surface area (Å²) in [6.45, 7) is 2.10. The molecule has 0 bridgehead atoms. The van der Waals surface area contributed by atoms with E-state index in [-0.39, 0.29) is 5.56 Å². The van der Waals surface area contributed by atoms with Crippen molar-refractivity contribution in [2.75, 3.05) is 0 Å². The fourth-order valence-electron chi connectivity index (χ4n) is 2.17. The molecule has 1 atom stereocenters. The van der Waals surface area contributed by atoms with Crippen molar-refractivity contribution < 1.29 is 8.78 Å². The largest absolute Gasteiger partial charge is 0.320 e. The molecule has 0 aromatic heterocycles. The van der Waals surface area contributed by atoms with Crippen LogP contribution >= 0.6 is 0 Å². The lowest BCUT2D eigenvalue weighted by molar-refractivity contribution is 0.494. The van der Waals surface area contributed by atoms with Gasteiger partial charge in [0.25, 0.3) is 0 Å². The van der Waals surface area contributed by atoms with Gasteiger partial charge in [0.15, 0.2) is 11.6 Å². The van der Waals surface area contributed by atoms with Gasteiger partial charge in [-0.25, -0.2) is 8.78 Å². The van der Waals surface area contributed by atoms with E-state index in [4.69, 9.17) is 5.73 Å². The third-order valence-corrected chi connectivity index (χ3v) is 3.17. The Morgan fingerprint density at radius 3 is 2.58 bits per heavy atom. The van der Waals surface area contributed by atoms with Crippen LogP contribution in [0.1, 0.15) is 36.1 Å². The first kappa shape index (κ1) is 13.7. The molecule has 2 aromatic carbocycles.